The molecule has 0 saturated carbocycles. The zero-order chi connectivity index (χ0) is 11.1. The van der Waals surface area contributed by atoms with E-state index in [1.54, 1.807) is 6.07 Å². The molecule has 0 spiro atoms. The first-order chi connectivity index (χ1) is 7.75. The highest BCUT2D eigenvalue weighted by Gasteiger charge is 2.21. The Labute approximate surface area is 102 Å². The van der Waals surface area contributed by atoms with E-state index in [0.717, 1.165) is 29.0 Å². The van der Waals surface area contributed by atoms with Crippen LogP contribution >= 0.6 is 23.4 Å². The molecule has 16 heavy (non-hydrogen) atoms. The Kier molecular flexibility index (Phi) is 2.48. The molecule has 1 saturated heterocycles. The lowest BCUT2D eigenvalue weighted by molar-refractivity contribution is 0.559. The summed E-state index contributed by atoms with van der Waals surface area (Å²) in [5.74, 6) is 2.14. The van der Waals surface area contributed by atoms with Gasteiger partial charge in [0.1, 0.15) is 0 Å². The second-order valence-electron chi connectivity index (χ2n) is 3.98. The standard InChI is InChI=1S/C11H11ClN2OS/c12-7-1-2-9-10(5-7)14(11(15)13-9)8-3-4-16-6-8/h1-2,5,8H,3-4,6H2,(H,13,15). The molecule has 1 unspecified atom stereocenters. The third-order valence-corrected chi connectivity index (χ3v) is 4.33. The van der Waals surface area contributed by atoms with E-state index in [4.69, 9.17) is 11.6 Å². The first-order valence-electron chi connectivity index (χ1n) is 5.23. The van der Waals surface area contributed by atoms with Crippen molar-refractivity contribution < 1.29 is 0 Å². The summed E-state index contributed by atoms with van der Waals surface area (Å²) in [4.78, 5) is 14.8. The van der Waals surface area contributed by atoms with Gasteiger partial charge in [0.05, 0.1) is 11.0 Å². The lowest BCUT2D eigenvalue weighted by atomic mass is 10.2. The average molecular weight is 255 g/mol. The van der Waals surface area contributed by atoms with Gasteiger partial charge in [-0.15, -0.1) is 0 Å². The van der Waals surface area contributed by atoms with Gasteiger partial charge in [0, 0.05) is 16.8 Å². The van der Waals surface area contributed by atoms with E-state index in [1.165, 1.54) is 0 Å². The van der Waals surface area contributed by atoms with E-state index < -0.39 is 0 Å². The van der Waals surface area contributed by atoms with Crippen LogP contribution in [0.25, 0.3) is 11.0 Å². The third-order valence-electron chi connectivity index (χ3n) is 2.95. The highest BCUT2D eigenvalue weighted by atomic mass is 35.5. The number of thioether (sulfide) groups is 1. The molecule has 1 fully saturated rings. The molecule has 0 radical (unpaired) electrons. The molecule has 5 heteroatoms. The monoisotopic (exact) mass is 254 g/mol. The molecule has 84 valence electrons. The maximum atomic E-state index is 11.9. The number of imidazole rings is 1. The highest BCUT2D eigenvalue weighted by Crippen LogP contribution is 2.29. The minimum absolute atomic E-state index is 0.0234. The highest BCUT2D eigenvalue weighted by molar-refractivity contribution is 7.99. The number of benzene rings is 1. The van der Waals surface area contributed by atoms with Crippen LogP contribution in [0.1, 0.15) is 12.5 Å². The quantitative estimate of drug-likeness (QED) is 0.850. The maximum Gasteiger partial charge on any atom is 0.326 e. The van der Waals surface area contributed by atoms with Crippen molar-refractivity contribution in [2.24, 2.45) is 0 Å². The topological polar surface area (TPSA) is 37.8 Å². The number of hydrogen-bond acceptors (Lipinski definition) is 2. The van der Waals surface area contributed by atoms with E-state index in [-0.39, 0.29) is 5.69 Å². The van der Waals surface area contributed by atoms with E-state index in [0.29, 0.717) is 11.1 Å². The van der Waals surface area contributed by atoms with Crippen molar-refractivity contribution in [1.29, 1.82) is 0 Å². The van der Waals surface area contributed by atoms with Gasteiger partial charge in [-0.3, -0.25) is 4.57 Å². The van der Waals surface area contributed by atoms with Gasteiger partial charge in [-0.05, 0) is 30.4 Å². The number of halogens is 1. The summed E-state index contributed by atoms with van der Waals surface area (Å²) in [5, 5.41) is 0.672. The minimum Gasteiger partial charge on any atom is -0.306 e. The SMILES string of the molecule is O=c1[nH]c2ccc(Cl)cc2n1C1CCSC1. The van der Waals surface area contributed by atoms with E-state index in [1.807, 2.05) is 28.5 Å². The van der Waals surface area contributed by atoms with Crippen LogP contribution < -0.4 is 5.69 Å². The summed E-state index contributed by atoms with van der Waals surface area (Å²) in [6.07, 6.45) is 1.06. The zero-order valence-corrected chi connectivity index (χ0v) is 10.1. The summed E-state index contributed by atoms with van der Waals surface area (Å²) >= 11 is 7.87. The van der Waals surface area contributed by atoms with Gasteiger partial charge >= 0.3 is 5.69 Å². The number of rotatable bonds is 1. The largest absolute Gasteiger partial charge is 0.326 e. The molecular formula is C11H11ClN2OS. The van der Waals surface area contributed by atoms with E-state index in [2.05, 4.69) is 4.98 Å². The molecule has 1 N–H and O–H groups in total. The number of nitrogens with one attached hydrogen (secondary N) is 1. The number of aromatic nitrogens is 2. The van der Waals surface area contributed by atoms with Gasteiger partial charge in [0.2, 0.25) is 0 Å². The third kappa shape index (κ3) is 1.57. The number of aromatic amines is 1. The zero-order valence-electron chi connectivity index (χ0n) is 8.57. The second-order valence-corrected chi connectivity index (χ2v) is 5.57. The van der Waals surface area contributed by atoms with Crippen LogP contribution in [0.5, 0.6) is 0 Å². The van der Waals surface area contributed by atoms with Gasteiger partial charge < -0.3 is 4.98 Å². The molecule has 0 aliphatic carbocycles. The van der Waals surface area contributed by atoms with E-state index >= 15 is 0 Å². The van der Waals surface area contributed by atoms with Crippen molar-refractivity contribution in [2.45, 2.75) is 12.5 Å². The lowest BCUT2D eigenvalue weighted by Gasteiger charge is -2.10. The summed E-state index contributed by atoms with van der Waals surface area (Å²) in [6.45, 7) is 0. The van der Waals surface area contributed by atoms with E-state index in [9.17, 15) is 4.79 Å². The molecule has 1 atom stereocenters. The predicted molar refractivity (Wildman–Crippen MR) is 68.5 cm³/mol. The van der Waals surface area contributed by atoms with Crippen LogP contribution in [-0.2, 0) is 0 Å². The van der Waals surface area contributed by atoms with Gasteiger partial charge in [-0.1, -0.05) is 11.6 Å². The van der Waals surface area contributed by atoms with Crippen molar-refractivity contribution >= 4 is 34.4 Å². The normalized spacial score (nSPS) is 20.7. The van der Waals surface area contributed by atoms with Crippen LogP contribution in [0.4, 0.5) is 0 Å². The molecule has 0 amide bonds. The number of hydrogen-bond donors (Lipinski definition) is 1. The Balaban J connectivity index is 2.25. The summed E-state index contributed by atoms with van der Waals surface area (Å²) < 4.78 is 1.85. The molecule has 2 heterocycles. The van der Waals surface area contributed by atoms with Crippen LogP contribution in [0.2, 0.25) is 5.02 Å². The molecule has 1 aliphatic rings. The molecule has 3 nitrogen and oxygen atoms in total. The molecule has 1 aliphatic heterocycles. The summed E-state index contributed by atoms with van der Waals surface area (Å²) in [7, 11) is 0. The number of nitrogens with zero attached hydrogens (tertiary/aromatic N) is 1. The predicted octanol–water partition coefficient (Wildman–Crippen LogP) is 2.66. The molecule has 0 bridgehead atoms. The Morgan fingerprint density at radius 3 is 3.12 bits per heavy atom. The lowest BCUT2D eigenvalue weighted by Crippen LogP contribution is -2.21. The molecular weight excluding hydrogens is 244 g/mol. The Bertz CT molecular complexity index is 583. The van der Waals surface area contributed by atoms with Crippen LogP contribution in [0.3, 0.4) is 0 Å². The molecule has 3 rings (SSSR count). The summed E-state index contributed by atoms with van der Waals surface area (Å²) in [5.41, 5.74) is 1.76. The fourth-order valence-corrected chi connectivity index (χ4v) is 3.54. The van der Waals surface area contributed by atoms with Crippen molar-refractivity contribution in [1.82, 2.24) is 9.55 Å². The van der Waals surface area contributed by atoms with Crippen molar-refractivity contribution in [3.63, 3.8) is 0 Å². The summed E-state index contributed by atoms with van der Waals surface area (Å²) in [6, 6.07) is 5.83. The van der Waals surface area contributed by atoms with Gasteiger partial charge in [0.25, 0.3) is 0 Å². The van der Waals surface area contributed by atoms with Crippen LogP contribution in [0.15, 0.2) is 23.0 Å². The first-order valence-corrected chi connectivity index (χ1v) is 6.76. The van der Waals surface area contributed by atoms with Crippen molar-refractivity contribution in [3.8, 4) is 0 Å². The number of H-pyrrole nitrogens is 1. The Hall–Kier alpha value is -0.870. The Morgan fingerprint density at radius 1 is 1.50 bits per heavy atom. The fraction of sp³-hybridized carbons (Fsp3) is 0.364. The molecule has 1 aromatic carbocycles. The van der Waals surface area contributed by atoms with Crippen molar-refractivity contribution in [2.75, 3.05) is 11.5 Å². The minimum atomic E-state index is -0.0234. The van der Waals surface area contributed by atoms with Crippen molar-refractivity contribution in [3.05, 3.63) is 33.7 Å². The van der Waals surface area contributed by atoms with Crippen LogP contribution in [0, 0.1) is 0 Å². The Morgan fingerprint density at radius 2 is 2.38 bits per heavy atom. The average Bonchev–Trinajstić information content (AvgIpc) is 2.83. The van der Waals surface area contributed by atoms with Crippen LogP contribution in [-0.4, -0.2) is 21.1 Å². The smallest absolute Gasteiger partial charge is 0.306 e. The molecule has 1 aromatic heterocycles. The second kappa shape index (κ2) is 3.86. The number of fused-ring (bicyclic) bond motifs is 1. The van der Waals surface area contributed by atoms with Gasteiger partial charge in [-0.25, -0.2) is 4.79 Å². The van der Waals surface area contributed by atoms with Gasteiger partial charge in [-0.2, -0.15) is 11.8 Å². The fourth-order valence-electron chi connectivity index (χ4n) is 2.18. The first kappa shape index (κ1) is 10.3. The molecule has 2 aromatic rings. The maximum absolute atomic E-state index is 11.9. The van der Waals surface area contributed by atoms with Gasteiger partial charge in [0.15, 0.2) is 0 Å².